The fourth-order valence-electron chi connectivity index (χ4n) is 1.47. The van der Waals surface area contributed by atoms with E-state index >= 15 is 0 Å². The fourth-order valence-corrected chi connectivity index (χ4v) is 1.47. The Hall–Kier alpha value is -1.78. The molecule has 1 aromatic heterocycles. The van der Waals surface area contributed by atoms with Gasteiger partial charge in [0.15, 0.2) is 5.76 Å². The summed E-state index contributed by atoms with van der Waals surface area (Å²) in [5, 5.41) is 0. The molecule has 0 aliphatic rings. The SMILES string of the molecule is CCCN(CCC(=O)OC)C(=O)c1ccco1. The molecule has 0 N–H and O–H groups in total. The number of furan rings is 1. The van der Waals surface area contributed by atoms with Gasteiger partial charge in [0.2, 0.25) is 0 Å². The minimum atomic E-state index is -0.321. The van der Waals surface area contributed by atoms with Gasteiger partial charge in [-0.1, -0.05) is 6.92 Å². The van der Waals surface area contributed by atoms with Crippen molar-refractivity contribution in [2.24, 2.45) is 0 Å². The molecule has 0 bridgehead atoms. The number of ether oxygens (including phenoxy) is 1. The molecule has 0 aliphatic carbocycles. The van der Waals surface area contributed by atoms with Crippen LogP contribution in [0.4, 0.5) is 0 Å². The zero-order chi connectivity index (χ0) is 12.7. The Bertz CT molecular complexity index is 359. The van der Waals surface area contributed by atoms with Crippen molar-refractivity contribution in [2.75, 3.05) is 20.2 Å². The summed E-state index contributed by atoms with van der Waals surface area (Å²) in [5.74, 6) is -0.220. The number of carbonyl (C=O) groups excluding carboxylic acids is 2. The third-order valence-electron chi connectivity index (χ3n) is 2.33. The highest BCUT2D eigenvalue weighted by molar-refractivity contribution is 5.91. The van der Waals surface area contributed by atoms with Gasteiger partial charge in [0, 0.05) is 13.1 Å². The van der Waals surface area contributed by atoms with E-state index in [1.807, 2.05) is 6.92 Å². The lowest BCUT2D eigenvalue weighted by atomic mass is 10.3. The Morgan fingerprint density at radius 2 is 2.18 bits per heavy atom. The summed E-state index contributed by atoms with van der Waals surface area (Å²) in [6, 6.07) is 3.28. The quantitative estimate of drug-likeness (QED) is 0.709. The molecular formula is C12H17NO4. The Morgan fingerprint density at radius 1 is 1.41 bits per heavy atom. The molecular weight excluding hydrogens is 222 g/mol. The molecule has 1 amide bonds. The lowest BCUT2D eigenvalue weighted by molar-refractivity contribution is -0.140. The number of amides is 1. The maximum absolute atomic E-state index is 12.0. The van der Waals surface area contributed by atoms with Gasteiger partial charge in [0.05, 0.1) is 19.8 Å². The molecule has 5 heteroatoms. The molecule has 0 saturated carbocycles. The first-order chi connectivity index (χ1) is 8.19. The highest BCUT2D eigenvalue weighted by Crippen LogP contribution is 2.07. The highest BCUT2D eigenvalue weighted by Gasteiger charge is 2.18. The summed E-state index contributed by atoms with van der Waals surface area (Å²) in [7, 11) is 1.33. The van der Waals surface area contributed by atoms with Gasteiger partial charge in [-0.15, -0.1) is 0 Å². The van der Waals surface area contributed by atoms with Crippen LogP contribution >= 0.6 is 0 Å². The highest BCUT2D eigenvalue weighted by atomic mass is 16.5. The van der Waals surface area contributed by atoms with Crippen LogP contribution in [-0.4, -0.2) is 37.0 Å². The van der Waals surface area contributed by atoms with Gasteiger partial charge in [-0.2, -0.15) is 0 Å². The van der Waals surface area contributed by atoms with Crippen LogP contribution in [-0.2, 0) is 9.53 Å². The largest absolute Gasteiger partial charge is 0.469 e. The number of methoxy groups -OCH3 is 1. The molecule has 94 valence electrons. The number of hydrogen-bond acceptors (Lipinski definition) is 4. The van der Waals surface area contributed by atoms with Crippen LogP contribution in [0.3, 0.4) is 0 Å². The summed E-state index contributed by atoms with van der Waals surface area (Å²) in [5.41, 5.74) is 0. The van der Waals surface area contributed by atoms with Crippen molar-refractivity contribution in [3.05, 3.63) is 24.2 Å². The van der Waals surface area contributed by atoms with Crippen LogP contribution in [0, 0.1) is 0 Å². The minimum absolute atomic E-state index is 0.194. The van der Waals surface area contributed by atoms with Crippen LogP contribution in [0.2, 0.25) is 0 Å². The van der Waals surface area contributed by atoms with Gasteiger partial charge >= 0.3 is 5.97 Å². The topological polar surface area (TPSA) is 59.8 Å². The normalized spacial score (nSPS) is 10.0. The Kier molecular flexibility index (Phi) is 5.26. The maximum atomic E-state index is 12.0. The first-order valence-electron chi connectivity index (χ1n) is 5.58. The minimum Gasteiger partial charge on any atom is -0.469 e. The van der Waals surface area contributed by atoms with Crippen LogP contribution < -0.4 is 0 Å². The number of esters is 1. The van der Waals surface area contributed by atoms with Crippen LogP contribution in [0.25, 0.3) is 0 Å². The van der Waals surface area contributed by atoms with E-state index in [4.69, 9.17) is 4.42 Å². The molecule has 0 atom stereocenters. The van der Waals surface area contributed by atoms with E-state index in [1.165, 1.54) is 13.4 Å². The van der Waals surface area contributed by atoms with Crippen molar-refractivity contribution >= 4 is 11.9 Å². The average molecular weight is 239 g/mol. The van der Waals surface area contributed by atoms with E-state index < -0.39 is 0 Å². The third-order valence-corrected chi connectivity index (χ3v) is 2.33. The van der Waals surface area contributed by atoms with Gasteiger partial charge in [-0.05, 0) is 18.6 Å². The van der Waals surface area contributed by atoms with Crippen molar-refractivity contribution in [3.8, 4) is 0 Å². The summed E-state index contributed by atoms with van der Waals surface area (Å²) >= 11 is 0. The summed E-state index contributed by atoms with van der Waals surface area (Å²) in [4.78, 5) is 24.6. The molecule has 0 saturated heterocycles. The standard InChI is InChI=1S/C12H17NO4/c1-3-7-13(8-6-11(14)16-2)12(15)10-5-4-9-17-10/h4-5,9H,3,6-8H2,1-2H3. The van der Waals surface area contributed by atoms with E-state index in [0.29, 0.717) is 18.8 Å². The van der Waals surface area contributed by atoms with Gasteiger partial charge in [0.1, 0.15) is 0 Å². The fraction of sp³-hybridized carbons (Fsp3) is 0.500. The second kappa shape index (κ2) is 6.73. The molecule has 0 aromatic carbocycles. The zero-order valence-corrected chi connectivity index (χ0v) is 10.1. The molecule has 1 heterocycles. The molecule has 1 aromatic rings. The van der Waals surface area contributed by atoms with E-state index in [1.54, 1.807) is 17.0 Å². The second-order valence-electron chi connectivity index (χ2n) is 3.60. The van der Waals surface area contributed by atoms with Crippen molar-refractivity contribution in [2.45, 2.75) is 19.8 Å². The van der Waals surface area contributed by atoms with E-state index in [-0.39, 0.29) is 18.3 Å². The number of rotatable bonds is 6. The molecule has 0 unspecified atom stereocenters. The van der Waals surface area contributed by atoms with E-state index in [0.717, 1.165) is 6.42 Å². The molecule has 0 fully saturated rings. The molecule has 1 rings (SSSR count). The molecule has 0 aliphatic heterocycles. The Morgan fingerprint density at radius 3 is 2.71 bits per heavy atom. The molecule has 17 heavy (non-hydrogen) atoms. The second-order valence-corrected chi connectivity index (χ2v) is 3.60. The van der Waals surface area contributed by atoms with Crippen molar-refractivity contribution < 1.29 is 18.7 Å². The van der Waals surface area contributed by atoms with Gasteiger partial charge in [-0.3, -0.25) is 9.59 Å². The number of nitrogens with zero attached hydrogens (tertiary/aromatic N) is 1. The Balaban J connectivity index is 2.59. The molecule has 0 radical (unpaired) electrons. The summed E-state index contributed by atoms with van der Waals surface area (Å²) in [6.07, 6.45) is 2.48. The average Bonchev–Trinajstić information content (AvgIpc) is 2.86. The monoisotopic (exact) mass is 239 g/mol. The maximum Gasteiger partial charge on any atom is 0.307 e. The Labute approximate surface area is 100 Å². The predicted molar refractivity (Wildman–Crippen MR) is 61.5 cm³/mol. The van der Waals surface area contributed by atoms with Crippen molar-refractivity contribution in [3.63, 3.8) is 0 Å². The van der Waals surface area contributed by atoms with Crippen molar-refractivity contribution in [1.29, 1.82) is 0 Å². The smallest absolute Gasteiger partial charge is 0.307 e. The van der Waals surface area contributed by atoms with E-state index in [9.17, 15) is 9.59 Å². The summed E-state index contributed by atoms with van der Waals surface area (Å²) in [6.45, 7) is 2.91. The molecule has 5 nitrogen and oxygen atoms in total. The van der Waals surface area contributed by atoms with Crippen LogP contribution in [0.5, 0.6) is 0 Å². The van der Waals surface area contributed by atoms with Gasteiger partial charge in [-0.25, -0.2) is 0 Å². The first-order valence-corrected chi connectivity index (χ1v) is 5.58. The van der Waals surface area contributed by atoms with Gasteiger partial charge in [0.25, 0.3) is 5.91 Å². The van der Waals surface area contributed by atoms with Crippen LogP contribution in [0.1, 0.15) is 30.3 Å². The number of carbonyl (C=O) groups is 2. The van der Waals surface area contributed by atoms with Crippen molar-refractivity contribution in [1.82, 2.24) is 4.90 Å². The lowest BCUT2D eigenvalue weighted by Crippen LogP contribution is -2.33. The lowest BCUT2D eigenvalue weighted by Gasteiger charge is -2.20. The zero-order valence-electron chi connectivity index (χ0n) is 10.1. The third kappa shape index (κ3) is 3.94. The van der Waals surface area contributed by atoms with E-state index in [2.05, 4.69) is 4.74 Å². The number of hydrogen-bond donors (Lipinski definition) is 0. The predicted octanol–water partition coefficient (Wildman–Crippen LogP) is 1.69. The van der Waals surface area contributed by atoms with Gasteiger partial charge < -0.3 is 14.1 Å². The first kappa shape index (κ1) is 13.3. The van der Waals surface area contributed by atoms with Crippen LogP contribution in [0.15, 0.2) is 22.8 Å². The summed E-state index contributed by atoms with van der Waals surface area (Å²) < 4.78 is 9.60. The molecule has 0 spiro atoms.